The normalized spacial score (nSPS) is 18.1. The SMILES string of the molecule is O=C(Nc1ccc(C=Cc2ccc(NC(=O)C3CC(=O)N(CCc4cccs4)C3)cc2)cc1)C1CC(=O)N(CCc2cccs2)C1. The molecule has 0 radical (unpaired) electrons. The summed E-state index contributed by atoms with van der Waals surface area (Å²) in [7, 11) is 0. The topological polar surface area (TPSA) is 98.8 Å². The molecule has 0 spiro atoms. The van der Waals surface area contributed by atoms with Crippen LogP contribution in [-0.4, -0.2) is 59.6 Å². The third kappa shape index (κ3) is 8.18. The van der Waals surface area contributed by atoms with E-state index in [2.05, 4.69) is 22.8 Å². The number of carbonyl (C=O) groups excluding carboxylic acids is 4. The van der Waals surface area contributed by atoms with Crippen molar-refractivity contribution in [1.82, 2.24) is 9.80 Å². The first-order valence-corrected chi connectivity index (χ1v) is 17.3. The number of hydrogen-bond donors (Lipinski definition) is 2. The zero-order chi connectivity index (χ0) is 31.9. The van der Waals surface area contributed by atoms with E-state index in [0.717, 1.165) is 24.0 Å². The first kappa shape index (κ1) is 31.4. The van der Waals surface area contributed by atoms with Crippen molar-refractivity contribution in [2.75, 3.05) is 36.8 Å². The number of anilines is 2. The van der Waals surface area contributed by atoms with Gasteiger partial charge in [-0.15, -0.1) is 22.7 Å². The van der Waals surface area contributed by atoms with Crippen molar-refractivity contribution in [1.29, 1.82) is 0 Å². The molecule has 0 bridgehead atoms. The molecule has 2 aromatic carbocycles. The van der Waals surface area contributed by atoms with Crippen LogP contribution in [0.5, 0.6) is 0 Å². The molecule has 4 heterocycles. The van der Waals surface area contributed by atoms with Gasteiger partial charge in [0.25, 0.3) is 0 Å². The fourth-order valence-electron chi connectivity index (χ4n) is 5.76. The second-order valence-corrected chi connectivity index (χ2v) is 13.8. The Morgan fingerprint density at radius 1 is 0.652 bits per heavy atom. The number of carbonyl (C=O) groups is 4. The average molecular weight is 653 g/mol. The minimum Gasteiger partial charge on any atom is -0.342 e. The van der Waals surface area contributed by atoms with Gasteiger partial charge >= 0.3 is 0 Å². The minimum atomic E-state index is -0.347. The van der Waals surface area contributed by atoms with E-state index < -0.39 is 0 Å². The van der Waals surface area contributed by atoms with E-state index in [1.807, 2.05) is 83.6 Å². The lowest BCUT2D eigenvalue weighted by atomic mass is 10.1. The number of amides is 4. The van der Waals surface area contributed by atoms with E-state index in [4.69, 9.17) is 0 Å². The lowest BCUT2D eigenvalue weighted by molar-refractivity contribution is -0.128. The Labute approximate surface area is 276 Å². The van der Waals surface area contributed by atoms with Gasteiger partial charge in [-0.2, -0.15) is 0 Å². The highest BCUT2D eigenvalue weighted by molar-refractivity contribution is 7.10. The molecule has 2 N–H and O–H groups in total. The van der Waals surface area contributed by atoms with Crippen molar-refractivity contribution in [3.8, 4) is 0 Å². The highest BCUT2D eigenvalue weighted by Gasteiger charge is 2.35. The van der Waals surface area contributed by atoms with Crippen molar-refractivity contribution in [3.63, 3.8) is 0 Å². The average Bonchev–Trinajstić information content (AvgIpc) is 3.88. The van der Waals surface area contributed by atoms with Gasteiger partial charge in [-0.05, 0) is 71.1 Å². The summed E-state index contributed by atoms with van der Waals surface area (Å²) in [5.74, 6) is -0.891. The van der Waals surface area contributed by atoms with Gasteiger partial charge in [0.05, 0.1) is 11.8 Å². The van der Waals surface area contributed by atoms with Crippen LogP contribution in [0.25, 0.3) is 12.2 Å². The number of nitrogens with zero attached hydrogens (tertiary/aromatic N) is 2. The number of rotatable bonds is 12. The van der Waals surface area contributed by atoms with Gasteiger partial charge in [0.15, 0.2) is 0 Å². The van der Waals surface area contributed by atoms with Crippen LogP contribution in [0.15, 0.2) is 83.6 Å². The highest BCUT2D eigenvalue weighted by atomic mass is 32.1. The summed E-state index contributed by atoms with van der Waals surface area (Å²) in [6.45, 7) is 2.18. The van der Waals surface area contributed by atoms with E-state index in [0.29, 0.717) is 37.6 Å². The first-order chi connectivity index (χ1) is 22.4. The van der Waals surface area contributed by atoms with Crippen molar-refractivity contribution < 1.29 is 19.2 Å². The Morgan fingerprint density at radius 2 is 1.07 bits per heavy atom. The first-order valence-electron chi connectivity index (χ1n) is 15.5. The third-order valence-electron chi connectivity index (χ3n) is 8.41. The summed E-state index contributed by atoms with van der Waals surface area (Å²) in [6.07, 6.45) is 6.08. The van der Waals surface area contributed by atoms with E-state index in [1.165, 1.54) is 9.75 Å². The minimum absolute atomic E-state index is 0.0326. The maximum Gasteiger partial charge on any atom is 0.229 e. The summed E-state index contributed by atoms with van der Waals surface area (Å²) >= 11 is 3.36. The molecule has 2 unspecified atom stereocenters. The molecular weight excluding hydrogens is 617 g/mol. The molecule has 2 aromatic heterocycles. The molecule has 10 heteroatoms. The van der Waals surface area contributed by atoms with Gasteiger partial charge in [0, 0.05) is 60.1 Å². The summed E-state index contributed by atoms with van der Waals surface area (Å²) in [4.78, 5) is 56.6. The Hall–Kier alpha value is -4.54. The second-order valence-electron chi connectivity index (χ2n) is 11.7. The third-order valence-corrected chi connectivity index (χ3v) is 10.3. The molecule has 46 heavy (non-hydrogen) atoms. The molecule has 0 aliphatic carbocycles. The Morgan fingerprint density at radius 3 is 1.43 bits per heavy atom. The van der Waals surface area contributed by atoms with E-state index >= 15 is 0 Å². The molecule has 4 aromatic rings. The van der Waals surface area contributed by atoms with Gasteiger partial charge < -0.3 is 20.4 Å². The Bertz CT molecular complexity index is 1560. The predicted molar refractivity (Wildman–Crippen MR) is 184 cm³/mol. The van der Waals surface area contributed by atoms with Crippen molar-refractivity contribution >= 4 is 69.8 Å². The lowest BCUT2D eigenvalue weighted by Crippen LogP contribution is -2.29. The summed E-state index contributed by atoms with van der Waals surface area (Å²) in [6, 6.07) is 23.3. The van der Waals surface area contributed by atoms with Crippen LogP contribution in [-0.2, 0) is 32.0 Å². The summed E-state index contributed by atoms with van der Waals surface area (Å²) in [5.41, 5.74) is 3.34. The van der Waals surface area contributed by atoms with Gasteiger partial charge in [-0.1, -0.05) is 48.6 Å². The molecule has 2 saturated heterocycles. The highest BCUT2D eigenvalue weighted by Crippen LogP contribution is 2.23. The van der Waals surface area contributed by atoms with Crippen LogP contribution in [0.4, 0.5) is 11.4 Å². The van der Waals surface area contributed by atoms with Crippen molar-refractivity contribution in [3.05, 3.63) is 104 Å². The van der Waals surface area contributed by atoms with E-state index in [-0.39, 0.29) is 48.3 Å². The number of thiophene rings is 2. The largest absolute Gasteiger partial charge is 0.342 e. The molecule has 4 amide bonds. The predicted octanol–water partition coefficient (Wildman–Crippen LogP) is 6.04. The number of likely N-dealkylation sites (tertiary alicyclic amines) is 2. The standard InChI is InChI=1S/C36H36N4O4S2/c41-33-21-27(23-39(33)17-15-31-3-1-19-45-31)35(43)37-29-11-7-25(8-12-29)5-6-26-9-13-30(14-10-26)38-36(44)28-22-34(42)40(24-28)18-16-32-4-2-20-46-32/h1-14,19-20,27-28H,15-18,21-24H2,(H,37,43)(H,38,44). The molecule has 2 fully saturated rings. The van der Waals surface area contributed by atoms with Crippen molar-refractivity contribution in [2.24, 2.45) is 11.8 Å². The van der Waals surface area contributed by atoms with Crippen LogP contribution in [0.1, 0.15) is 33.7 Å². The van der Waals surface area contributed by atoms with E-state index in [1.54, 1.807) is 32.5 Å². The molecular formula is C36H36N4O4S2. The molecule has 2 atom stereocenters. The lowest BCUT2D eigenvalue weighted by Gasteiger charge is -2.16. The Kier molecular flexibility index (Phi) is 10.0. The van der Waals surface area contributed by atoms with Crippen molar-refractivity contribution in [2.45, 2.75) is 25.7 Å². The second kappa shape index (κ2) is 14.7. The van der Waals surface area contributed by atoms with Gasteiger partial charge in [-0.3, -0.25) is 19.2 Å². The smallest absolute Gasteiger partial charge is 0.229 e. The Balaban J connectivity index is 0.940. The molecule has 2 aliphatic heterocycles. The molecule has 236 valence electrons. The molecule has 2 aliphatic rings. The van der Waals surface area contributed by atoms with E-state index in [9.17, 15) is 19.2 Å². The maximum atomic E-state index is 12.9. The number of benzene rings is 2. The van der Waals surface area contributed by atoms with Crippen LogP contribution >= 0.6 is 22.7 Å². The molecule has 6 rings (SSSR count). The van der Waals surface area contributed by atoms with Gasteiger partial charge in [0.1, 0.15) is 0 Å². The summed E-state index contributed by atoms with van der Waals surface area (Å²) in [5, 5.41) is 9.98. The maximum absolute atomic E-state index is 12.9. The monoisotopic (exact) mass is 652 g/mol. The molecule has 8 nitrogen and oxygen atoms in total. The van der Waals surface area contributed by atoms with Crippen LogP contribution in [0.2, 0.25) is 0 Å². The van der Waals surface area contributed by atoms with Crippen LogP contribution in [0, 0.1) is 11.8 Å². The van der Waals surface area contributed by atoms with Crippen LogP contribution < -0.4 is 10.6 Å². The fourth-order valence-corrected chi connectivity index (χ4v) is 7.16. The summed E-state index contributed by atoms with van der Waals surface area (Å²) < 4.78 is 0. The number of hydrogen-bond acceptors (Lipinski definition) is 6. The van der Waals surface area contributed by atoms with Crippen LogP contribution in [0.3, 0.4) is 0 Å². The fraction of sp³-hybridized carbons (Fsp3) is 0.278. The van der Waals surface area contributed by atoms with Gasteiger partial charge in [0.2, 0.25) is 23.6 Å². The quantitative estimate of drug-likeness (QED) is 0.182. The zero-order valence-corrected chi connectivity index (χ0v) is 27.0. The number of nitrogens with one attached hydrogen (secondary N) is 2. The molecule has 0 saturated carbocycles. The zero-order valence-electron chi connectivity index (χ0n) is 25.4. The van der Waals surface area contributed by atoms with Gasteiger partial charge in [-0.25, -0.2) is 0 Å².